The van der Waals surface area contributed by atoms with Gasteiger partial charge in [-0.1, -0.05) is 29.8 Å². The average Bonchev–Trinajstić information content (AvgIpc) is 2.77. The number of phenolic OH excluding ortho intramolecular Hbond substituents is 1. The highest BCUT2D eigenvalue weighted by molar-refractivity contribution is 6.34. The molecule has 0 saturated heterocycles. The molecule has 0 aliphatic carbocycles. The maximum absolute atomic E-state index is 13.3. The minimum atomic E-state index is -0.613. The summed E-state index contributed by atoms with van der Waals surface area (Å²) < 4.78 is 5.57. The smallest absolute Gasteiger partial charge is 0.410 e. The summed E-state index contributed by atoms with van der Waals surface area (Å²) in [6.07, 6.45) is -0.420. The van der Waals surface area contributed by atoms with E-state index in [0.29, 0.717) is 6.54 Å². The number of hydrogen-bond acceptors (Lipinski definition) is 4. The zero-order valence-corrected chi connectivity index (χ0v) is 17.7. The first-order valence-electron chi connectivity index (χ1n) is 9.45. The molecule has 1 unspecified atom stereocenters. The summed E-state index contributed by atoms with van der Waals surface area (Å²) in [6.45, 7) is 7.97. The van der Waals surface area contributed by atoms with Crippen LogP contribution in [-0.4, -0.2) is 40.2 Å². The van der Waals surface area contributed by atoms with Crippen molar-refractivity contribution in [2.45, 2.75) is 45.9 Å². The number of halogens is 1. The Morgan fingerprint density at radius 2 is 1.86 bits per heavy atom. The van der Waals surface area contributed by atoms with Crippen molar-refractivity contribution >= 4 is 29.3 Å². The Kier molecular flexibility index (Phi) is 5.75. The number of nitrogens with zero attached hydrogens (tertiary/aromatic N) is 2. The zero-order valence-electron chi connectivity index (χ0n) is 17.0. The van der Waals surface area contributed by atoms with Crippen molar-refractivity contribution in [3.63, 3.8) is 0 Å². The number of aromatic hydroxyl groups is 1. The van der Waals surface area contributed by atoms with Gasteiger partial charge in [0.05, 0.1) is 23.2 Å². The number of hydrogen-bond donors (Lipinski definition) is 1. The van der Waals surface area contributed by atoms with Gasteiger partial charge < -0.3 is 14.7 Å². The lowest BCUT2D eigenvalue weighted by atomic mass is 10.1. The van der Waals surface area contributed by atoms with E-state index >= 15 is 0 Å². The van der Waals surface area contributed by atoms with E-state index in [1.54, 1.807) is 9.80 Å². The van der Waals surface area contributed by atoms with Gasteiger partial charge in [0.1, 0.15) is 11.4 Å². The number of rotatable bonds is 1. The van der Waals surface area contributed by atoms with Crippen LogP contribution in [0.15, 0.2) is 42.5 Å². The molecule has 0 radical (unpaired) electrons. The fourth-order valence-corrected chi connectivity index (χ4v) is 3.54. The molecule has 0 fully saturated rings. The minimum Gasteiger partial charge on any atom is -0.508 e. The van der Waals surface area contributed by atoms with Crippen LogP contribution >= 0.6 is 11.6 Å². The van der Waals surface area contributed by atoms with Crippen molar-refractivity contribution in [3.8, 4) is 5.75 Å². The van der Waals surface area contributed by atoms with Crippen LogP contribution in [0.4, 0.5) is 10.5 Å². The normalized spacial score (nSPS) is 16.8. The third kappa shape index (κ3) is 4.65. The van der Waals surface area contributed by atoms with E-state index in [0.717, 1.165) is 11.3 Å². The van der Waals surface area contributed by atoms with E-state index in [2.05, 4.69) is 0 Å². The van der Waals surface area contributed by atoms with Crippen molar-refractivity contribution in [1.82, 2.24) is 4.90 Å². The summed E-state index contributed by atoms with van der Waals surface area (Å²) >= 11 is 6.21. The Morgan fingerprint density at radius 3 is 2.52 bits per heavy atom. The van der Waals surface area contributed by atoms with Gasteiger partial charge in [-0.05, 0) is 57.5 Å². The number of amides is 2. The van der Waals surface area contributed by atoms with Gasteiger partial charge in [-0.3, -0.25) is 9.69 Å². The number of benzene rings is 2. The third-order valence-corrected chi connectivity index (χ3v) is 4.97. The molecule has 1 atom stereocenters. The molecular weight excluding hydrogens is 392 g/mol. The zero-order chi connectivity index (χ0) is 21.3. The molecule has 1 aliphatic heterocycles. The number of carbonyl (C=O) groups is 2. The van der Waals surface area contributed by atoms with E-state index in [1.165, 1.54) is 18.2 Å². The Balaban J connectivity index is 1.98. The fourth-order valence-electron chi connectivity index (χ4n) is 3.29. The van der Waals surface area contributed by atoms with E-state index < -0.39 is 11.7 Å². The quantitative estimate of drug-likeness (QED) is 0.722. The second-order valence-corrected chi connectivity index (χ2v) is 8.57. The maximum atomic E-state index is 13.3. The number of ether oxygens (including phenoxy) is 1. The van der Waals surface area contributed by atoms with E-state index in [-0.39, 0.29) is 34.8 Å². The summed E-state index contributed by atoms with van der Waals surface area (Å²) in [4.78, 5) is 29.4. The predicted octanol–water partition coefficient (Wildman–Crippen LogP) is 4.83. The number of carbonyl (C=O) groups excluding carboxylic acids is 2. The molecule has 0 aromatic heterocycles. The molecule has 2 amide bonds. The first kappa shape index (κ1) is 21.0. The van der Waals surface area contributed by atoms with Crippen LogP contribution in [0, 0.1) is 0 Å². The Bertz CT molecular complexity index is 939. The molecule has 7 heteroatoms. The summed E-state index contributed by atoms with van der Waals surface area (Å²) in [7, 11) is 0. The van der Waals surface area contributed by atoms with Crippen LogP contribution < -0.4 is 4.90 Å². The summed E-state index contributed by atoms with van der Waals surface area (Å²) in [6, 6.07) is 11.5. The molecule has 2 aromatic rings. The molecule has 154 valence electrons. The van der Waals surface area contributed by atoms with Crippen molar-refractivity contribution in [1.29, 1.82) is 0 Å². The molecule has 0 saturated carbocycles. The van der Waals surface area contributed by atoms with Crippen molar-refractivity contribution < 1.29 is 19.4 Å². The standard InChI is InChI=1S/C22H25ClN2O4/c1-14-12-25(20(27)17-10-9-16(26)11-18(17)23)19-8-6-5-7-15(19)13-24(14)21(28)29-22(2,3)4/h5-11,14,26H,12-13H2,1-4H3. The minimum absolute atomic E-state index is 0.00714. The summed E-state index contributed by atoms with van der Waals surface area (Å²) in [5.41, 5.74) is 1.24. The number of anilines is 1. The average molecular weight is 417 g/mol. The van der Waals surface area contributed by atoms with Crippen LogP contribution in [0.1, 0.15) is 43.6 Å². The molecule has 2 aromatic carbocycles. The molecular formula is C22H25ClN2O4. The largest absolute Gasteiger partial charge is 0.508 e. The van der Waals surface area contributed by atoms with E-state index in [4.69, 9.17) is 16.3 Å². The lowest BCUT2D eigenvalue weighted by molar-refractivity contribution is 0.0167. The summed E-state index contributed by atoms with van der Waals surface area (Å²) in [5.74, 6) is -0.298. The molecule has 1 aliphatic rings. The molecule has 6 nitrogen and oxygen atoms in total. The highest BCUT2D eigenvalue weighted by atomic mass is 35.5. The monoisotopic (exact) mass is 416 g/mol. The predicted molar refractivity (Wildman–Crippen MR) is 112 cm³/mol. The first-order valence-corrected chi connectivity index (χ1v) is 9.82. The molecule has 29 heavy (non-hydrogen) atoms. The number of para-hydroxylation sites is 1. The Morgan fingerprint density at radius 1 is 1.17 bits per heavy atom. The Labute approximate surface area is 175 Å². The van der Waals surface area contributed by atoms with Gasteiger partial charge in [-0.25, -0.2) is 4.79 Å². The third-order valence-electron chi connectivity index (χ3n) is 4.66. The molecule has 0 bridgehead atoms. The number of fused-ring (bicyclic) bond motifs is 1. The van der Waals surface area contributed by atoms with Crippen molar-refractivity contribution in [2.75, 3.05) is 11.4 Å². The lowest BCUT2D eigenvalue weighted by Crippen LogP contribution is -2.46. The van der Waals surface area contributed by atoms with Crippen LogP contribution in [0.5, 0.6) is 5.75 Å². The van der Waals surface area contributed by atoms with Crippen LogP contribution in [0.3, 0.4) is 0 Å². The van der Waals surface area contributed by atoms with Gasteiger partial charge in [0, 0.05) is 12.2 Å². The second-order valence-electron chi connectivity index (χ2n) is 8.17. The van der Waals surface area contributed by atoms with Gasteiger partial charge in [-0.2, -0.15) is 0 Å². The molecule has 0 spiro atoms. The van der Waals surface area contributed by atoms with Gasteiger partial charge in [-0.15, -0.1) is 0 Å². The topological polar surface area (TPSA) is 70.1 Å². The second kappa shape index (κ2) is 7.95. The first-order chi connectivity index (χ1) is 13.6. The van der Waals surface area contributed by atoms with E-state index in [9.17, 15) is 14.7 Å². The van der Waals surface area contributed by atoms with Crippen LogP contribution in [-0.2, 0) is 11.3 Å². The lowest BCUT2D eigenvalue weighted by Gasteiger charge is -2.31. The van der Waals surface area contributed by atoms with Crippen molar-refractivity contribution in [3.05, 3.63) is 58.6 Å². The van der Waals surface area contributed by atoms with Crippen LogP contribution in [0.25, 0.3) is 0 Å². The highest BCUT2D eigenvalue weighted by Crippen LogP contribution is 2.31. The van der Waals surface area contributed by atoms with E-state index in [1.807, 2.05) is 52.0 Å². The van der Waals surface area contributed by atoms with Gasteiger partial charge >= 0.3 is 6.09 Å². The Hall–Kier alpha value is -2.73. The maximum Gasteiger partial charge on any atom is 0.410 e. The van der Waals surface area contributed by atoms with Gasteiger partial charge in [0.25, 0.3) is 5.91 Å². The highest BCUT2D eigenvalue weighted by Gasteiger charge is 2.34. The van der Waals surface area contributed by atoms with Crippen molar-refractivity contribution in [2.24, 2.45) is 0 Å². The SMILES string of the molecule is CC1CN(C(=O)c2ccc(O)cc2Cl)c2ccccc2CN1C(=O)OC(C)(C)C. The van der Waals surface area contributed by atoms with Gasteiger partial charge in [0.2, 0.25) is 0 Å². The summed E-state index contributed by atoms with van der Waals surface area (Å²) in [5, 5.41) is 9.77. The number of phenols is 1. The van der Waals surface area contributed by atoms with Gasteiger partial charge in [0.15, 0.2) is 0 Å². The van der Waals surface area contributed by atoms with Crippen LogP contribution in [0.2, 0.25) is 5.02 Å². The molecule has 3 rings (SSSR count). The molecule has 1 heterocycles. The fraction of sp³-hybridized carbons (Fsp3) is 0.364. The molecule has 1 N–H and O–H groups in total.